The van der Waals surface area contributed by atoms with Gasteiger partial charge in [0.05, 0.1) is 5.56 Å². The first-order valence-electron chi connectivity index (χ1n) is 8.24. The number of hydrogen-bond acceptors (Lipinski definition) is 4. The van der Waals surface area contributed by atoms with Gasteiger partial charge in [-0.1, -0.05) is 25.1 Å². The van der Waals surface area contributed by atoms with E-state index in [1.165, 1.54) is 10.9 Å². The van der Waals surface area contributed by atoms with Crippen LogP contribution in [0.3, 0.4) is 0 Å². The molecule has 0 saturated carbocycles. The van der Waals surface area contributed by atoms with Gasteiger partial charge in [-0.25, -0.2) is 0 Å². The van der Waals surface area contributed by atoms with Gasteiger partial charge in [-0.3, -0.25) is 19.1 Å². The molecule has 26 heavy (non-hydrogen) atoms. The number of carbonyl (C=O) groups is 3. The SMILES string of the molecule is C[C@H]1CC(=O)Nc2c1c(NC(=O)C(=O)c1c[nH]c3ccccc13)nn2C. The number of ketones is 1. The standard InChI is InChI=1S/C18H17N5O3/c1-9-7-13(24)20-17-14(9)16(22-23(17)2)21-18(26)15(25)11-8-19-12-6-4-3-5-10(11)12/h3-6,8-9,19H,7H2,1-2H3,(H,20,24)(H,21,22,26)/t9-/m0/s1. The van der Waals surface area contributed by atoms with Crippen molar-refractivity contribution in [3.05, 3.63) is 41.6 Å². The van der Waals surface area contributed by atoms with Crippen LogP contribution in [0.1, 0.15) is 35.2 Å². The number of H-pyrrole nitrogens is 1. The molecule has 0 spiro atoms. The van der Waals surface area contributed by atoms with Crippen molar-refractivity contribution in [1.82, 2.24) is 14.8 Å². The number of benzene rings is 1. The Morgan fingerprint density at radius 1 is 1.31 bits per heavy atom. The van der Waals surface area contributed by atoms with Gasteiger partial charge in [-0.05, 0) is 12.0 Å². The molecule has 1 aliphatic rings. The number of amides is 2. The van der Waals surface area contributed by atoms with Crippen molar-refractivity contribution in [3.8, 4) is 0 Å². The molecule has 0 fully saturated rings. The highest BCUT2D eigenvalue weighted by molar-refractivity contribution is 6.48. The van der Waals surface area contributed by atoms with Crippen molar-refractivity contribution in [3.63, 3.8) is 0 Å². The summed E-state index contributed by atoms with van der Waals surface area (Å²) in [5.74, 6) is -0.766. The summed E-state index contributed by atoms with van der Waals surface area (Å²) in [5.41, 5.74) is 1.83. The van der Waals surface area contributed by atoms with Gasteiger partial charge in [0, 0.05) is 36.1 Å². The zero-order valence-electron chi connectivity index (χ0n) is 14.3. The van der Waals surface area contributed by atoms with Gasteiger partial charge >= 0.3 is 0 Å². The predicted octanol–water partition coefficient (Wildman–Crippen LogP) is 2.17. The fraction of sp³-hybridized carbons (Fsp3) is 0.222. The van der Waals surface area contributed by atoms with Gasteiger partial charge in [-0.15, -0.1) is 0 Å². The second-order valence-corrected chi connectivity index (χ2v) is 6.42. The fourth-order valence-corrected chi connectivity index (χ4v) is 3.36. The van der Waals surface area contributed by atoms with Crippen molar-refractivity contribution in [1.29, 1.82) is 0 Å². The number of anilines is 2. The zero-order valence-corrected chi connectivity index (χ0v) is 14.3. The number of hydrogen-bond donors (Lipinski definition) is 3. The third-order valence-electron chi connectivity index (χ3n) is 4.60. The van der Waals surface area contributed by atoms with E-state index >= 15 is 0 Å². The maximum Gasteiger partial charge on any atom is 0.298 e. The van der Waals surface area contributed by atoms with Crippen molar-refractivity contribution in [2.24, 2.45) is 7.05 Å². The molecule has 8 heteroatoms. The summed E-state index contributed by atoms with van der Waals surface area (Å²) in [6.45, 7) is 1.89. The number of rotatable bonds is 3. The van der Waals surface area contributed by atoms with Gasteiger partial charge in [0.25, 0.3) is 11.7 Å². The molecule has 0 unspecified atom stereocenters. The number of nitrogens with zero attached hydrogens (tertiary/aromatic N) is 2. The van der Waals surface area contributed by atoms with Gasteiger partial charge in [0.2, 0.25) is 5.91 Å². The molecule has 0 bridgehead atoms. The molecular formula is C18H17N5O3. The maximum atomic E-state index is 12.6. The fourth-order valence-electron chi connectivity index (χ4n) is 3.36. The smallest absolute Gasteiger partial charge is 0.298 e. The average Bonchev–Trinajstić information content (AvgIpc) is 3.16. The van der Waals surface area contributed by atoms with Crippen LogP contribution in [0.25, 0.3) is 10.9 Å². The Morgan fingerprint density at radius 2 is 2.08 bits per heavy atom. The molecule has 3 aromatic rings. The lowest BCUT2D eigenvalue weighted by Gasteiger charge is -2.20. The first kappa shape index (κ1) is 16.1. The van der Waals surface area contributed by atoms with Crippen LogP contribution in [0.15, 0.2) is 30.5 Å². The minimum absolute atomic E-state index is 0.0965. The van der Waals surface area contributed by atoms with E-state index in [1.807, 2.05) is 25.1 Å². The van der Waals surface area contributed by atoms with E-state index in [9.17, 15) is 14.4 Å². The number of Topliss-reactive ketones (excluding diaryl/α,β-unsaturated/α-hetero) is 1. The summed E-state index contributed by atoms with van der Waals surface area (Å²) >= 11 is 0. The van der Waals surface area contributed by atoms with E-state index in [2.05, 4.69) is 20.7 Å². The summed E-state index contributed by atoms with van der Waals surface area (Å²) in [6.07, 6.45) is 1.83. The number of carbonyl (C=O) groups excluding carboxylic acids is 3. The van der Waals surface area contributed by atoms with E-state index in [0.29, 0.717) is 29.0 Å². The van der Waals surface area contributed by atoms with Crippen LogP contribution in [0.5, 0.6) is 0 Å². The molecule has 0 aliphatic carbocycles. The van der Waals surface area contributed by atoms with Gasteiger partial charge in [-0.2, -0.15) is 5.10 Å². The largest absolute Gasteiger partial charge is 0.360 e. The quantitative estimate of drug-likeness (QED) is 0.496. The summed E-state index contributed by atoms with van der Waals surface area (Å²) in [7, 11) is 1.67. The molecule has 1 aliphatic heterocycles. The molecule has 0 radical (unpaired) electrons. The monoisotopic (exact) mass is 351 g/mol. The normalized spacial score (nSPS) is 16.2. The number of fused-ring (bicyclic) bond motifs is 2. The Morgan fingerprint density at radius 3 is 2.88 bits per heavy atom. The Balaban J connectivity index is 1.64. The van der Waals surface area contributed by atoms with Crippen molar-refractivity contribution in [2.75, 3.05) is 10.6 Å². The van der Waals surface area contributed by atoms with E-state index in [4.69, 9.17) is 0 Å². The van der Waals surface area contributed by atoms with Gasteiger partial charge in [0.1, 0.15) is 5.82 Å². The molecule has 2 amide bonds. The third kappa shape index (κ3) is 2.46. The lowest BCUT2D eigenvalue weighted by molar-refractivity contribution is -0.116. The Hall–Kier alpha value is -3.42. The number of aromatic nitrogens is 3. The molecule has 1 atom stereocenters. The van der Waals surface area contributed by atoms with E-state index in [-0.39, 0.29) is 11.8 Å². The van der Waals surface area contributed by atoms with Crippen molar-refractivity contribution < 1.29 is 14.4 Å². The Labute approximate surface area is 148 Å². The zero-order chi connectivity index (χ0) is 18.4. The van der Waals surface area contributed by atoms with Crippen LogP contribution < -0.4 is 10.6 Å². The summed E-state index contributed by atoms with van der Waals surface area (Å²) < 4.78 is 1.49. The highest BCUT2D eigenvalue weighted by Gasteiger charge is 2.31. The van der Waals surface area contributed by atoms with E-state index in [1.54, 1.807) is 13.1 Å². The maximum absolute atomic E-state index is 12.6. The summed E-state index contributed by atoms with van der Waals surface area (Å²) in [4.78, 5) is 39.8. The van der Waals surface area contributed by atoms with Crippen molar-refractivity contribution in [2.45, 2.75) is 19.3 Å². The summed E-state index contributed by atoms with van der Waals surface area (Å²) in [6, 6.07) is 7.28. The molecule has 3 heterocycles. The number of para-hydroxylation sites is 1. The number of aryl methyl sites for hydroxylation is 1. The minimum Gasteiger partial charge on any atom is -0.360 e. The molecule has 2 aromatic heterocycles. The second-order valence-electron chi connectivity index (χ2n) is 6.42. The molecule has 8 nitrogen and oxygen atoms in total. The molecule has 3 N–H and O–H groups in total. The number of nitrogens with one attached hydrogen (secondary N) is 3. The lowest BCUT2D eigenvalue weighted by atomic mass is 9.95. The molecule has 1 aromatic carbocycles. The van der Waals surface area contributed by atoms with Gasteiger partial charge < -0.3 is 15.6 Å². The van der Waals surface area contributed by atoms with Crippen molar-refractivity contribution >= 4 is 40.1 Å². The van der Waals surface area contributed by atoms with E-state index < -0.39 is 11.7 Å². The van der Waals surface area contributed by atoms with Crippen LogP contribution in [0, 0.1) is 0 Å². The van der Waals surface area contributed by atoms with Gasteiger partial charge in [0.15, 0.2) is 5.82 Å². The number of aromatic amines is 1. The first-order chi connectivity index (χ1) is 12.5. The van der Waals surface area contributed by atoms with Crippen LogP contribution in [-0.4, -0.2) is 32.4 Å². The average molecular weight is 351 g/mol. The highest BCUT2D eigenvalue weighted by atomic mass is 16.2. The van der Waals surface area contributed by atoms with Crippen LogP contribution in [0.2, 0.25) is 0 Å². The third-order valence-corrected chi connectivity index (χ3v) is 4.60. The summed E-state index contributed by atoms with van der Waals surface area (Å²) in [5, 5.41) is 10.3. The van der Waals surface area contributed by atoms with Crippen LogP contribution >= 0.6 is 0 Å². The topological polar surface area (TPSA) is 109 Å². The highest BCUT2D eigenvalue weighted by Crippen LogP contribution is 2.37. The minimum atomic E-state index is -0.764. The predicted molar refractivity (Wildman–Crippen MR) is 96.1 cm³/mol. The molecular weight excluding hydrogens is 334 g/mol. The lowest BCUT2D eigenvalue weighted by Crippen LogP contribution is -2.25. The second kappa shape index (κ2) is 5.83. The molecule has 4 rings (SSSR count). The van der Waals surface area contributed by atoms with E-state index in [0.717, 1.165) is 11.1 Å². The molecule has 132 valence electrons. The Kier molecular flexibility index (Phi) is 3.61. The van der Waals surface area contributed by atoms with Crippen LogP contribution in [0.4, 0.5) is 11.6 Å². The molecule has 0 saturated heterocycles. The first-order valence-corrected chi connectivity index (χ1v) is 8.24. The van der Waals surface area contributed by atoms with Crippen LogP contribution in [-0.2, 0) is 16.6 Å². The Bertz CT molecular complexity index is 1060.